The minimum absolute atomic E-state index is 0.199. The molecule has 0 radical (unpaired) electrons. The van der Waals surface area contributed by atoms with Crippen molar-refractivity contribution in [2.75, 3.05) is 23.7 Å². The van der Waals surface area contributed by atoms with Gasteiger partial charge in [-0.1, -0.05) is 25.1 Å². The number of nitrogens with one attached hydrogen (secondary N) is 3. The zero-order chi connectivity index (χ0) is 18.5. The van der Waals surface area contributed by atoms with Crippen LogP contribution in [0.25, 0.3) is 0 Å². The molecule has 2 aromatic carbocycles. The van der Waals surface area contributed by atoms with Crippen LogP contribution in [0.4, 0.5) is 11.4 Å². The third kappa shape index (κ3) is 3.79. The number of para-hydroxylation sites is 1. The number of fused-ring (bicyclic) bond motifs is 1. The monoisotopic (exact) mass is 345 g/mol. The fourth-order valence-corrected chi connectivity index (χ4v) is 3.22. The van der Waals surface area contributed by atoms with E-state index in [0.29, 0.717) is 17.0 Å². The third-order valence-corrected chi connectivity index (χ3v) is 4.99. The van der Waals surface area contributed by atoms with Crippen molar-refractivity contribution >= 4 is 11.4 Å². The van der Waals surface area contributed by atoms with Crippen LogP contribution in [-0.4, -0.2) is 25.2 Å². The fraction of sp³-hybridized carbons (Fsp3) is 0.333. The molecule has 0 saturated heterocycles. The predicted molar refractivity (Wildman–Crippen MR) is 104 cm³/mol. The lowest BCUT2D eigenvalue weighted by Crippen LogP contribution is -2.48. The normalized spacial score (nSPS) is 17.6. The second-order valence-corrected chi connectivity index (χ2v) is 6.80. The van der Waals surface area contributed by atoms with Gasteiger partial charge in [-0.05, 0) is 42.7 Å². The van der Waals surface area contributed by atoms with Crippen molar-refractivity contribution in [3.63, 3.8) is 0 Å². The molecule has 3 rings (SSSR count). The van der Waals surface area contributed by atoms with E-state index in [9.17, 15) is 5.26 Å². The van der Waals surface area contributed by atoms with Gasteiger partial charge < -0.3 is 16.0 Å². The average molecular weight is 345 g/mol. The smallest absolute Gasteiger partial charge is 0.101 e. The summed E-state index contributed by atoms with van der Waals surface area (Å²) in [6.07, 6.45) is 0. The third-order valence-electron chi connectivity index (χ3n) is 4.99. The van der Waals surface area contributed by atoms with Gasteiger partial charge >= 0.3 is 0 Å². The van der Waals surface area contributed by atoms with E-state index in [-0.39, 0.29) is 12.1 Å². The van der Waals surface area contributed by atoms with Gasteiger partial charge in [0.2, 0.25) is 0 Å². The Bertz CT molecular complexity index is 844. The van der Waals surface area contributed by atoms with E-state index < -0.39 is 0 Å². The topological polar surface area (TPSA) is 83.7 Å². The zero-order valence-electron chi connectivity index (χ0n) is 15.1. The van der Waals surface area contributed by atoms with E-state index in [1.165, 1.54) is 5.56 Å². The summed E-state index contributed by atoms with van der Waals surface area (Å²) >= 11 is 0. The molecule has 0 amide bonds. The molecule has 0 aromatic heterocycles. The van der Waals surface area contributed by atoms with Gasteiger partial charge in [0.1, 0.15) is 6.07 Å². The Labute approximate surface area is 154 Å². The van der Waals surface area contributed by atoms with E-state index in [0.717, 1.165) is 24.5 Å². The SMILES string of the molecule is C[C@H](CN[C@H](C)[C@H]1CNc2cccc(C#N)c2N1)c1ccc(C#N)cc1. The molecule has 0 bridgehead atoms. The Morgan fingerprint density at radius 1 is 1.12 bits per heavy atom. The van der Waals surface area contributed by atoms with Crippen molar-refractivity contribution < 1.29 is 0 Å². The van der Waals surface area contributed by atoms with Gasteiger partial charge in [0.05, 0.1) is 34.6 Å². The lowest BCUT2D eigenvalue weighted by Gasteiger charge is -2.34. The highest BCUT2D eigenvalue weighted by Gasteiger charge is 2.24. The Kier molecular flexibility index (Phi) is 5.41. The number of rotatable bonds is 5. The van der Waals surface area contributed by atoms with E-state index in [4.69, 9.17) is 5.26 Å². The number of hydrogen-bond acceptors (Lipinski definition) is 5. The second-order valence-electron chi connectivity index (χ2n) is 6.80. The first-order valence-corrected chi connectivity index (χ1v) is 8.89. The molecule has 0 fully saturated rings. The van der Waals surface area contributed by atoms with Gasteiger partial charge in [-0.15, -0.1) is 0 Å². The molecular weight excluding hydrogens is 322 g/mol. The number of hydrogen-bond donors (Lipinski definition) is 3. The summed E-state index contributed by atoms with van der Waals surface area (Å²) in [5, 5.41) is 28.7. The molecule has 26 heavy (non-hydrogen) atoms. The summed E-state index contributed by atoms with van der Waals surface area (Å²) in [7, 11) is 0. The molecule has 132 valence electrons. The molecule has 2 aromatic rings. The lowest BCUT2D eigenvalue weighted by atomic mass is 9.98. The first kappa shape index (κ1) is 17.8. The summed E-state index contributed by atoms with van der Waals surface area (Å²) in [5.74, 6) is 0.351. The maximum atomic E-state index is 9.30. The van der Waals surface area contributed by atoms with Gasteiger partial charge in [0.25, 0.3) is 0 Å². The Balaban J connectivity index is 1.59. The van der Waals surface area contributed by atoms with Gasteiger partial charge in [0.15, 0.2) is 0 Å². The minimum Gasteiger partial charge on any atom is -0.381 e. The first-order chi connectivity index (χ1) is 12.6. The molecule has 1 heterocycles. The quantitative estimate of drug-likeness (QED) is 0.773. The van der Waals surface area contributed by atoms with Gasteiger partial charge in [0, 0.05) is 19.1 Å². The van der Waals surface area contributed by atoms with Crippen molar-refractivity contribution in [3.8, 4) is 12.1 Å². The van der Waals surface area contributed by atoms with E-state index in [1.54, 1.807) is 0 Å². The highest BCUT2D eigenvalue weighted by molar-refractivity contribution is 5.77. The maximum absolute atomic E-state index is 9.30. The second kappa shape index (κ2) is 7.91. The van der Waals surface area contributed by atoms with Crippen LogP contribution in [0, 0.1) is 22.7 Å². The molecule has 1 aliphatic heterocycles. The summed E-state index contributed by atoms with van der Waals surface area (Å²) in [6, 6.07) is 18.3. The largest absolute Gasteiger partial charge is 0.381 e. The molecule has 5 nitrogen and oxygen atoms in total. The van der Waals surface area contributed by atoms with Crippen LogP contribution in [0.1, 0.15) is 36.5 Å². The molecule has 1 aliphatic rings. The lowest BCUT2D eigenvalue weighted by molar-refractivity contribution is 0.468. The number of nitrogens with zero attached hydrogens (tertiary/aromatic N) is 2. The van der Waals surface area contributed by atoms with E-state index in [2.05, 4.69) is 41.9 Å². The van der Waals surface area contributed by atoms with Gasteiger partial charge in [-0.2, -0.15) is 10.5 Å². The van der Waals surface area contributed by atoms with Gasteiger partial charge in [-0.25, -0.2) is 0 Å². The number of benzene rings is 2. The van der Waals surface area contributed by atoms with Crippen molar-refractivity contribution in [2.45, 2.75) is 31.8 Å². The highest BCUT2D eigenvalue weighted by Crippen LogP contribution is 2.30. The van der Waals surface area contributed by atoms with Crippen LogP contribution in [0.15, 0.2) is 42.5 Å². The fourth-order valence-electron chi connectivity index (χ4n) is 3.22. The summed E-state index contributed by atoms with van der Waals surface area (Å²) in [4.78, 5) is 0. The minimum atomic E-state index is 0.199. The van der Waals surface area contributed by atoms with Crippen LogP contribution in [0.3, 0.4) is 0 Å². The van der Waals surface area contributed by atoms with Crippen LogP contribution in [-0.2, 0) is 0 Å². The zero-order valence-corrected chi connectivity index (χ0v) is 15.1. The Morgan fingerprint density at radius 2 is 1.88 bits per heavy atom. The van der Waals surface area contributed by atoms with Crippen molar-refractivity contribution in [1.82, 2.24) is 5.32 Å². The summed E-state index contributed by atoms with van der Waals surface area (Å²) in [5.41, 5.74) is 4.44. The highest BCUT2D eigenvalue weighted by atomic mass is 15.1. The average Bonchev–Trinajstić information content (AvgIpc) is 2.70. The molecule has 0 saturated carbocycles. The van der Waals surface area contributed by atoms with Crippen LogP contribution >= 0.6 is 0 Å². The molecule has 0 spiro atoms. The molecule has 0 aliphatic carbocycles. The van der Waals surface area contributed by atoms with Gasteiger partial charge in [-0.3, -0.25) is 0 Å². The molecule has 0 unspecified atom stereocenters. The molecule has 3 N–H and O–H groups in total. The Morgan fingerprint density at radius 3 is 2.58 bits per heavy atom. The molecule has 3 atom stereocenters. The first-order valence-electron chi connectivity index (χ1n) is 8.89. The molecular formula is C21H23N5. The summed E-state index contributed by atoms with van der Waals surface area (Å²) < 4.78 is 0. The van der Waals surface area contributed by atoms with Crippen molar-refractivity contribution in [3.05, 3.63) is 59.2 Å². The standard InChI is InChI=1S/C21H23N5/c1-14(17-8-6-16(10-22)7-9-17)12-24-15(2)20-13-25-19-5-3-4-18(11-23)21(19)26-20/h3-9,14-15,20,24-26H,12-13H2,1-2H3/t14-,15-,20-/m1/s1. The van der Waals surface area contributed by atoms with E-state index in [1.807, 2.05) is 42.5 Å². The predicted octanol–water partition coefficient (Wildman–Crippen LogP) is 3.42. The van der Waals surface area contributed by atoms with Crippen molar-refractivity contribution in [1.29, 1.82) is 10.5 Å². The number of nitriles is 2. The van der Waals surface area contributed by atoms with Crippen LogP contribution in [0.5, 0.6) is 0 Å². The summed E-state index contributed by atoms with van der Waals surface area (Å²) in [6.45, 7) is 5.99. The molecule has 5 heteroatoms. The van der Waals surface area contributed by atoms with Crippen LogP contribution < -0.4 is 16.0 Å². The number of anilines is 2. The Hall–Kier alpha value is -3.02. The van der Waals surface area contributed by atoms with E-state index >= 15 is 0 Å². The maximum Gasteiger partial charge on any atom is 0.101 e. The van der Waals surface area contributed by atoms with Crippen molar-refractivity contribution in [2.24, 2.45) is 0 Å². The van der Waals surface area contributed by atoms with Crippen LogP contribution in [0.2, 0.25) is 0 Å².